The average Bonchev–Trinajstić information content (AvgIpc) is 2.76. The second-order valence-electron chi connectivity index (χ2n) is 7.62. The van der Waals surface area contributed by atoms with E-state index in [1.807, 2.05) is 0 Å². The molecule has 12 heteroatoms. The predicted octanol–water partition coefficient (Wildman–Crippen LogP) is 1.87. The Morgan fingerprint density at radius 1 is 1.16 bits per heavy atom. The Kier molecular flexibility index (Phi) is 6.49. The minimum absolute atomic E-state index is 0.135. The van der Waals surface area contributed by atoms with Crippen LogP contribution in [0.4, 0.5) is 23.1 Å². The van der Waals surface area contributed by atoms with E-state index in [1.54, 1.807) is 36.5 Å². The Morgan fingerprint density at radius 3 is 2.66 bits per heavy atom. The van der Waals surface area contributed by atoms with Crippen LogP contribution in [0, 0.1) is 0 Å². The highest BCUT2D eigenvalue weighted by molar-refractivity contribution is 7.92. The normalized spacial score (nSPS) is 15.1. The van der Waals surface area contributed by atoms with Crippen molar-refractivity contribution in [2.75, 3.05) is 66.2 Å². The van der Waals surface area contributed by atoms with Crippen molar-refractivity contribution in [1.82, 2.24) is 19.9 Å². The fourth-order valence-corrected chi connectivity index (χ4v) is 4.54. The zero-order chi connectivity index (χ0) is 22.7. The Labute approximate surface area is 191 Å². The molecule has 1 fully saturated rings. The Hall–Kier alpha value is -2.89. The number of fused-ring (bicyclic) bond motifs is 1. The van der Waals surface area contributed by atoms with Crippen molar-refractivity contribution in [1.29, 1.82) is 0 Å². The molecule has 1 aromatic carbocycles. The Balaban J connectivity index is 1.52. The molecule has 4 rings (SSSR count). The third kappa shape index (κ3) is 5.29. The second-order valence-corrected chi connectivity index (χ2v) is 9.85. The summed E-state index contributed by atoms with van der Waals surface area (Å²) >= 11 is 6.08. The molecule has 3 aromatic rings. The van der Waals surface area contributed by atoms with Gasteiger partial charge >= 0.3 is 0 Å². The highest BCUT2D eigenvalue weighted by Gasteiger charge is 2.19. The molecule has 1 aliphatic heterocycles. The first-order valence-electron chi connectivity index (χ1n) is 10.2. The summed E-state index contributed by atoms with van der Waals surface area (Å²) in [4.78, 5) is 17.8. The van der Waals surface area contributed by atoms with Crippen LogP contribution in [-0.4, -0.2) is 73.8 Å². The molecule has 0 bridgehead atoms. The van der Waals surface area contributed by atoms with E-state index in [0.717, 1.165) is 26.2 Å². The maximum absolute atomic E-state index is 12.5. The number of rotatable bonds is 7. The van der Waals surface area contributed by atoms with Crippen LogP contribution < -0.4 is 20.7 Å². The summed E-state index contributed by atoms with van der Waals surface area (Å²) in [5, 5.41) is 4.13. The molecule has 3 heterocycles. The van der Waals surface area contributed by atoms with Gasteiger partial charge in [-0.15, -0.1) is 0 Å². The number of nitrogens with one attached hydrogen (secondary N) is 2. The maximum Gasteiger partial charge on any atom is 0.234 e. The van der Waals surface area contributed by atoms with E-state index in [1.165, 1.54) is 0 Å². The summed E-state index contributed by atoms with van der Waals surface area (Å²) < 4.78 is 27.6. The minimum Gasteiger partial charge on any atom is -0.397 e. The second kappa shape index (κ2) is 9.31. The number of sulfonamides is 1. The van der Waals surface area contributed by atoms with Gasteiger partial charge in [0.25, 0.3) is 0 Å². The number of aromatic nitrogens is 3. The summed E-state index contributed by atoms with van der Waals surface area (Å²) in [7, 11) is -1.54. The number of piperazine rings is 1. The van der Waals surface area contributed by atoms with Crippen molar-refractivity contribution >= 4 is 55.7 Å². The highest BCUT2D eigenvalue weighted by atomic mass is 35.5. The third-order valence-corrected chi connectivity index (χ3v) is 6.69. The number of hydrogen-bond donors (Lipinski definition) is 3. The van der Waals surface area contributed by atoms with Gasteiger partial charge in [0.15, 0.2) is 0 Å². The summed E-state index contributed by atoms with van der Waals surface area (Å²) in [6, 6.07) is 8.39. The molecule has 0 spiro atoms. The van der Waals surface area contributed by atoms with Crippen molar-refractivity contribution in [3.63, 3.8) is 0 Å². The summed E-state index contributed by atoms with van der Waals surface area (Å²) in [5.41, 5.74) is 7.19. The molecule has 32 heavy (non-hydrogen) atoms. The molecule has 170 valence electrons. The number of para-hydroxylation sites is 2. The number of nitrogen functional groups attached to an aromatic ring is 1. The van der Waals surface area contributed by atoms with Gasteiger partial charge in [-0.05, 0) is 25.2 Å². The molecule has 1 aliphatic rings. The van der Waals surface area contributed by atoms with Crippen LogP contribution in [0.25, 0.3) is 10.9 Å². The first-order chi connectivity index (χ1) is 15.3. The van der Waals surface area contributed by atoms with Crippen LogP contribution in [0.15, 0.2) is 36.5 Å². The minimum atomic E-state index is -3.62. The van der Waals surface area contributed by atoms with E-state index < -0.39 is 10.0 Å². The average molecular weight is 477 g/mol. The van der Waals surface area contributed by atoms with E-state index in [0.29, 0.717) is 39.2 Å². The highest BCUT2D eigenvalue weighted by Crippen LogP contribution is 2.26. The van der Waals surface area contributed by atoms with Gasteiger partial charge in [-0.25, -0.2) is 18.4 Å². The predicted molar refractivity (Wildman–Crippen MR) is 129 cm³/mol. The molecule has 4 N–H and O–H groups in total. The lowest BCUT2D eigenvalue weighted by atomic mass is 10.3. The molecule has 1 saturated heterocycles. The van der Waals surface area contributed by atoms with Gasteiger partial charge in [0.2, 0.25) is 16.0 Å². The standard InChI is InChI=1S/C20H25ClN8O2S/c1-28-7-9-29(10-8-28)20-25-17-13-24-18(21)12-14(17)19(26-20)23-6-11-32(30,31)27-16-5-3-2-4-15(16)22/h2-5,12-13,27H,6-11,22H2,1H3,(H,23,25,26). The van der Waals surface area contributed by atoms with E-state index in [9.17, 15) is 8.42 Å². The number of halogens is 1. The van der Waals surface area contributed by atoms with Crippen LogP contribution in [0.5, 0.6) is 0 Å². The quantitative estimate of drug-likeness (QED) is 0.345. The molecule has 10 nitrogen and oxygen atoms in total. The zero-order valence-corrected chi connectivity index (χ0v) is 19.2. The molecular formula is C20H25ClN8O2S. The lowest BCUT2D eigenvalue weighted by Gasteiger charge is -2.32. The first-order valence-corrected chi connectivity index (χ1v) is 12.2. The van der Waals surface area contributed by atoms with Gasteiger partial charge in [0.1, 0.15) is 11.0 Å². The summed E-state index contributed by atoms with van der Waals surface area (Å²) in [6.45, 7) is 3.57. The van der Waals surface area contributed by atoms with Crippen LogP contribution >= 0.6 is 11.6 Å². The van der Waals surface area contributed by atoms with Gasteiger partial charge in [-0.3, -0.25) is 4.72 Å². The van der Waals surface area contributed by atoms with Crippen LogP contribution in [-0.2, 0) is 10.0 Å². The Bertz CT molecular complexity index is 1220. The van der Waals surface area contributed by atoms with Crippen LogP contribution in [0.2, 0.25) is 5.15 Å². The van der Waals surface area contributed by atoms with E-state index >= 15 is 0 Å². The third-order valence-electron chi connectivity index (χ3n) is 5.21. The SMILES string of the molecule is CN1CCN(c2nc(NCCS(=O)(=O)Nc3ccccc3N)c3cc(Cl)ncc3n2)CC1. The number of likely N-dealkylation sites (N-methyl/N-ethyl adjacent to an activating group) is 1. The number of benzene rings is 1. The fourth-order valence-electron chi connectivity index (χ4n) is 3.39. The van der Waals surface area contributed by atoms with E-state index in [4.69, 9.17) is 17.3 Å². The van der Waals surface area contributed by atoms with Gasteiger partial charge < -0.3 is 20.9 Å². The van der Waals surface area contributed by atoms with Crippen LogP contribution in [0.1, 0.15) is 0 Å². The molecule has 2 aromatic heterocycles. The molecule has 0 unspecified atom stereocenters. The molecular weight excluding hydrogens is 452 g/mol. The van der Waals surface area contributed by atoms with Gasteiger partial charge in [0.05, 0.1) is 28.8 Å². The molecule has 0 radical (unpaired) electrons. The number of hydrogen-bond acceptors (Lipinski definition) is 9. The van der Waals surface area contributed by atoms with Crippen molar-refractivity contribution in [2.45, 2.75) is 0 Å². The lowest BCUT2D eigenvalue weighted by molar-refractivity contribution is 0.311. The molecule has 0 atom stereocenters. The lowest BCUT2D eigenvalue weighted by Crippen LogP contribution is -2.45. The van der Waals surface area contributed by atoms with Crippen molar-refractivity contribution < 1.29 is 8.42 Å². The first kappa shape index (κ1) is 22.3. The van der Waals surface area contributed by atoms with Gasteiger partial charge in [-0.2, -0.15) is 4.98 Å². The number of anilines is 4. The number of pyridine rings is 1. The number of nitrogens with zero attached hydrogens (tertiary/aromatic N) is 5. The summed E-state index contributed by atoms with van der Waals surface area (Å²) in [5.74, 6) is 0.924. The van der Waals surface area contributed by atoms with Crippen molar-refractivity contribution in [3.05, 3.63) is 41.7 Å². The molecule has 0 amide bonds. The van der Waals surface area contributed by atoms with Crippen LogP contribution in [0.3, 0.4) is 0 Å². The van der Waals surface area contributed by atoms with Crippen molar-refractivity contribution in [2.24, 2.45) is 0 Å². The Morgan fingerprint density at radius 2 is 1.91 bits per heavy atom. The smallest absolute Gasteiger partial charge is 0.234 e. The topological polar surface area (TPSA) is 129 Å². The van der Waals surface area contributed by atoms with E-state index in [-0.39, 0.29) is 12.3 Å². The zero-order valence-electron chi connectivity index (χ0n) is 17.6. The molecule has 0 aliphatic carbocycles. The maximum atomic E-state index is 12.5. The van der Waals surface area contributed by atoms with Crippen molar-refractivity contribution in [3.8, 4) is 0 Å². The largest absolute Gasteiger partial charge is 0.397 e. The fraction of sp³-hybridized carbons (Fsp3) is 0.350. The molecule has 0 saturated carbocycles. The van der Waals surface area contributed by atoms with Gasteiger partial charge in [-0.1, -0.05) is 23.7 Å². The number of nitrogens with two attached hydrogens (primary N) is 1. The summed E-state index contributed by atoms with van der Waals surface area (Å²) in [6.07, 6.45) is 1.60. The van der Waals surface area contributed by atoms with E-state index in [2.05, 4.69) is 41.8 Å². The van der Waals surface area contributed by atoms with Gasteiger partial charge in [0, 0.05) is 38.1 Å². The monoisotopic (exact) mass is 476 g/mol.